The highest BCUT2D eigenvalue weighted by Gasteiger charge is 2.28. The molecule has 3 heterocycles. The molecule has 0 N–H and O–H groups in total. The summed E-state index contributed by atoms with van der Waals surface area (Å²) in [5.74, 6) is 2.44. The summed E-state index contributed by atoms with van der Waals surface area (Å²) in [6.45, 7) is 5.04. The van der Waals surface area contributed by atoms with Gasteiger partial charge in [0.1, 0.15) is 12.1 Å². The fourth-order valence-electron chi connectivity index (χ4n) is 3.85. The number of anilines is 1. The largest absolute Gasteiger partial charge is 0.345 e. The van der Waals surface area contributed by atoms with Gasteiger partial charge in [-0.15, -0.1) is 0 Å². The standard InChI is InChI=1S/C17H24N6O/c1-2-14-9-15(23-17(20-14)18-12-19-23)21-7-8-22(16(24)11-21)10-13-5-3-4-6-13/h9,12-13H,2-8,10-11H2,1H3. The van der Waals surface area contributed by atoms with Crippen molar-refractivity contribution < 1.29 is 4.79 Å². The minimum absolute atomic E-state index is 0.219. The molecule has 24 heavy (non-hydrogen) atoms. The second-order valence-corrected chi connectivity index (χ2v) is 6.84. The molecule has 2 aliphatic rings. The highest BCUT2D eigenvalue weighted by Crippen LogP contribution is 2.26. The zero-order chi connectivity index (χ0) is 16.5. The van der Waals surface area contributed by atoms with Crippen molar-refractivity contribution >= 4 is 17.5 Å². The van der Waals surface area contributed by atoms with Crippen LogP contribution in [0.2, 0.25) is 0 Å². The number of nitrogens with zero attached hydrogens (tertiary/aromatic N) is 6. The number of aryl methyl sites for hydroxylation is 1. The molecule has 1 amide bonds. The second kappa shape index (κ2) is 6.37. The van der Waals surface area contributed by atoms with Gasteiger partial charge < -0.3 is 9.80 Å². The zero-order valence-corrected chi connectivity index (χ0v) is 14.2. The summed E-state index contributed by atoms with van der Waals surface area (Å²) in [5, 5.41) is 4.27. The molecule has 4 rings (SSSR count). The van der Waals surface area contributed by atoms with Gasteiger partial charge in [-0.05, 0) is 25.2 Å². The number of carbonyl (C=O) groups is 1. The van der Waals surface area contributed by atoms with Gasteiger partial charge in [-0.25, -0.2) is 4.98 Å². The second-order valence-electron chi connectivity index (χ2n) is 6.84. The lowest BCUT2D eigenvalue weighted by atomic mass is 10.1. The summed E-state index contributed by atoms with van der Waals surface area (Å²) in [7, 11) is 0. The van der Waals surface area contributed by atoms with E-state index in [0.717, 1.165) is 37.6 Å². The van der Waals surface area contributed by atoms with Crippen molar-refractivity contribution in [2.24, 2.45) is 5.92 Å². The van der Waals surface area contributed by atoms with Crippen molar-refractivity contribution in [3.05, 3.63) is 18.1 Å². The van der Waals surface area contributed by atoms with Crippen molar-refractivity contribution in [3.8, 4) is 0 Å². The van der Waals surface area contributed by atoms with Crippen LogP contribution in [-0.2, 0) is 11.2 Å². The van der Waals surface area contributed by atoms with E-state index < -0.39 is 0 Å². The zero-order valence-electron chi connectivity index (χ0n) is 14.2. The Bertz CT molecular complexity index is 736. The predicted molar refractivity (Wildman–Crippen MR) is 90.9 cm³/mol. The highest BCUT2D eigenvalue weighted by molar-refractivity contribution is 5.82. The molecular weight excluding hydrogens is 304 g/mol. The normalized spacial score (nSPS) is 19.6. The van der Waals surface area contributed by atoms with Gasteiger partial charge in [-0.2, -0.15) is 14.6 Å². The maximum Gasteiger partial charge on any atom is 0.254 e. The summed E-state index contributed by atoms with van der Waals surface area (Å²) >= 11 is 0. The maximum absolute atomic E-state index is 12.6. The van der Waals surface area contributed by atoms with Gasteiger partial charge in [-0.1, -0.05) is 19.8 Å². The van der Waals surface area contributed by atoms with Crippen LogP contribution in [0.15, 0.2) is 12.4 Å². The minimum atomic E-state index is 0.219. The lowest BCUT2D eigenvalue weighted by Gasteiger charge is -2.36. The van der Waals surface area contributed by atoms with Gasteiger partial charge in [-0.3, -0.25) is 4.79 Å². The smallest absolute Gasteiger partial charge is 0.254 e. The molecule has 1 aliphatic carbocycles. The first-order valence-corrected chi connectivity index (χ1v) is 8.97. The molecule has 2 aromatic rings. The summed E-state index contributed by atoms with van der Waals surface area (Å²) in [6.07, 6.45) is 7.55. The Morgan fingerprint density at radius 1 is 1.25 bits per heavy atom. The molecule has 128 valence electrons. The van der Waals surface area contributed by atoms with E-state index in [1.807, 2.05) is 11.0 Å². The van der Waals surface area contributed by atoms with Crippen LogP contribution in [0.5, 0.6) is 0 Å². The van der Waals surface area contributed by atoms with E-state index in [1.54, 1.807) is 4.52 Å². The van der Waals surface area contributed by atoms with Crippen molar-refractivity contribution in [2.45, 2.75) is 39.0 Å². The summed E-state index contributed by atoms with van der Waals surface area (Å²) in [5.41, 5.74) is 0.978. The number of piperazine rings is 1. The molecule has 0 unspecified atom stereocenters. The van der Waals surface area contributed by atoms with Gasteiger partial charge in [0.15, 0.2) is 0 Å². The predicted octanol–water partition coefficient (Wildman–Crippen LogP) is 1.53. The molecule has 1 saturated carbocycles. The Balaban J connectivity index is 1.52. The monoisotopic (exact) mass is 328 g/mol. The molecule has 2 fully saturated rings. The van der Waals surface area contributed by atoms with Crippen LogP contribution in [0.1, 0.15) is 38.3 Å². The number of hydrogen-bond donors (Lipinski definition) is 0. The quantitative estimate of drug-likeness (QED) is 0.851. The molecule has 0 spiro atoms. The molecular formula is C17H24N6O. The number of rotatable bonds is 4. The Morgan fingerprint density at radius 2 is 2.08 bits per heavy atom. The van der Waals surface area contributed by atoms with E-state index in [2.05, 4.69) is 26.9 Å². The Morgan fingerprint density at radius 3 is 2.83 bits per heavy atom. The minimum Gasteiger partial charge on any atom is -0.345 e. The number of hydrogen-bond acceptors (Lipinski definition) is 5. The van der Waals surface area contributed by atoms with E-state index >= 15 is 0 Å². The van der Waals surface area contributed by atoms with E-state index in [0.29, 0.717) is 18.2 Å². The molecule has 1 saturated heterocycles. The van der Waals surface area contributed by atoms with Gasteiger partial charge in [0.05, 0.1) is 6.54 Å². The Hall–Kier alpha value is -2.18. The van der Waals surface area contributed by atoms with Crippen molar-refractivity contribution in [1.29, 1.82) is 0 Å². The highest BCUT2D eigenvalue weighted by atomic mass is 16.2. The van der Waals surface area contributed by atoms with E-state index in [9.17, 15) is 4.79 Å². The first-order chi connectivity index (χ1) is 11.7. The van der Waals surface area contributed by atoms with Crippen molar-refractivity contribution in [3.63, 3.8) is 0 Å². The molecule has 7 nitrogen and oxygen atoms in total. The maximum atomic E-state index is 12.6. The lowest BCUT2D eigenvalue weighted by molar-refractivity contribution is -0.131. The third-order valence-corrected chi connectivity index (χ3v) is 5.24. The first-order valence-electron chi connectivity index (χ1n) is 8.97. The van der Waals surface area contributed by atoms with Crippen LogP contribution in [0.4, 0.5) is 5.82 Å². The van der Waals surface area contributed by atoms with Crippen LogP contribution >= 0.6 is 0 Å². The summed E-state index contributed by atoms with van der Waals surface area (Å²) < 4.78 is 1.74. The Kier molecular flexibility index (Phi) is 4.08. The third kappa shape index (κ3) is 2.83. The van der Waals surface area contributed by atoms with Gasteiger partial charge >= 0.3 is 0 Å². The fraction of sp³-hybridized carbons (Fsp3) is 0.647. The van der Waals surface area contributed by atoms with Crippen LogP contribution in [0.25, 0.3) is 5.78 Å². The van der Waals surface area contributed by atoms with Gasteiger partial charge in [0.2, 0.25) is 5.91 Å². The lowest BCUT2D eigenvalue weighted by Crippen LogP contribution is -2.52. The van der Waals surface area contributed by atoms with Crippen LogP contribution in [0, 0.1) is 5.92 Å². The first kappa shape index (κ1) is 15.4. The third-order valence-electron chi connectivity index (χ3n) is 5.24. The SMILES string of the molecule is CCc1cc(N2CCN(CC3CCCC3)C(=O)C2)n2ncnc2n1. The van der Waals surface area contributed by atoms with Crippen molar-refractivity contribution in [1.82, 2.24) is 24.5 Å². The topological polar surface area (TPSA) is 66.6 Å². The Labute approximate surface area is 141 Å². The molecule has 7 heteroatoms. The van der Waals surface area contributed by atoms with E-state index in [-0.39, 0.29) is 5.91 Å². The van der Waals surface area contributed by atoms with E-state index in [4.69, 9.17) is 0 Å². The molecule has 0 aromatic carbocycles. The van der Waals surface area contributed by atoms with Crippen molar-refractivity contribution in [2.75, 3.05) is 31.1 Å². The van der Waals surface area contributed by atoms with Crippen LogP contribution < -0.4 is 4.90 Å². The van der Waals surface area contributed by atoms with E-state index in [1.165, 1.54) is 32.0 Å². The molecule has 0 atom stereocenters. The van der Waals surface area contributed by atoms with Gasteiger partial charge in [0, 0.05) is 31.4 Å². The number of amides is 1. The number of fused-ring (bicyclic) bond motifs is 1. The summed E-state index contributed by atoms with van der Waals surface area (Å²) in [6, 6.07) is 2.03. The molecule has 0 bridgehead atoms. The summed E-state index contributed by atoms with van der Waals surface area (Å²) in [4.78, 5) is 25.5. The molecule has 2 aromatic heterocycles. The van der Waals surface area contributed by atoms with Crippen LogP contribution in [-0.4, -0.2) is 56.6 Å². The number of aromatic nitrogens is 4. The number of carbonyl (C=O) groups excluding carboxylic acids is 1. The van der Waals surface area contributed by atoms with Crippen LogP contribution in [0.3, 0.4) is 0 Å². The fourth-order valence-corrected chi connectivity index (χ4v) is 3.85. The average Bonchev–Trinajstić information content (AvgIpc) is 3.27. The molecule has 0 radical (unpaired) electrons. The molecule has 1 aliphatic heterocycles. The van der Waals surface area contributed by atoms with Gasteiger partial charge in [0.25, 0.3) is 5.78 Å². The average molecular weight is 328 g/mol.